The van der Waals surface area contributed by atoms with Crippen LogP contribution in [0.25, 0.3) is 0 Å². The molecule has 2 aromatic rings. The largest absolute Gasteiger partial charge is 0.322 e. The Morgan fingerprint density at radius 1 is 1.18 bits per heavy atom. The minimum atomic E-state index is -0.558. The number of para-hydroxylation sites is 1. The summed E-state index contributed by atoms with van der Waals surface area (Å²) in [6.45, 7) is 5.00. The van der Waals surface area contributed by atoms with E-state index in [1.165, 1.54) is 0 Å². The second-order valence-corrected chi connectivity index (χ2v) is 9.49. The summed E-state index contributed by atoms with van der Waals surface area (Å²) in [5.74, 6) is -0.276. The number of fused-ring (bicyclic) bond motifs is 1. The van der Waals surface area contributed by atoms with E-state index < -0.39 is 12.0 Å². The van der Waals surface area contributed by atoms with Crippen LogP contribution in [0.2, 0.25) is 0 Å². The van der Waals surface area contributed by atoms with E-state index >= 15 is 0 Å². The summed E-state index contributed by atoms with van der Waals surface area (Å²) in [4.78, 5) is 47.0. The zero-order chi connectivity index (χ0) is 23.5. The van der Waals surface area contributed by atoms with Crippen molar-refractivity contribution in [2.75, 3.05) is 16.3 Å². The van der Waals surface area contributed by atoms with Crippen molar-refractivity contribution in [2.45, 2.75) is 58.5 Å². The second kappa shape index (κ2) is 9.83. The van der Waals surface area contributed by atoms with E-state index in [4.69, 9.17) is 5.73 Å². The monoisotopic (exact) mass is 448 g/mol. The highest BCUT2D eigenvalue weighted by atomic mass is 16.2. The Morgan fingerprint density at radius 2 is 2.00 bits per heavy atom. The van der Waals surface area contributed by atoms with Crippen molar-refractivity contribution in [3.63, 3.8) is 0 Å². The van der Waals surface area contributed by atoms with Crippen LogP contribution in [0, 0.1) is 11.8 Å². The van der Waals surface area contributed by atoms with Crippen LogP contribution in [-0.2, 0) is 27.3 Å². The highest BCUT2D eigenvalue weighted by Gasteiger charge is 2.38. The van der Waals surface area contributed by atoms with Crippen LogP contribution in [0.1, 0.15) is 50.8 Å². The molecule has 0 aliphatic carbocycles. The first kappa shape index (κ1) is 23.1. The Labute approximate surface area is 195 Å². The highest BCUT2D eigenvalue weighted by Crippen LogP contribution is 2.41. The van der Waals surface area contributed by atoms with E-state index in [1.807, 2.05) is 50.2 Å². The molecular formula is C26H32N4O3. The maximum absolute atomic E-state index is 13.7. The molecule has 0 radical (unpaired) electrons. The Kier molecular flexibility index (Phi) is 6.88. The minimum absolute atomic E-state index is 0.0746. The van der Waals surface area contributed by atoms with Crippen LogP contribution in [0.4, 0.5) is 11.4 Å². The maximum atomic E-state index is 13.7. The molecule has 33 heavy (non-hydrogen) atoms. The molecule has 0 saturated carbocycles. The van der Waals surface area contributed by atoms with Crippen LogP contribution in [0.15, 0.2) is 42.6 Å². The van der Waals surface area contributed by atoms with Crippen molar-refractivity contribution in [3.05, 3.63) is 53.9 Å². The van der Waals surface area contributed by atoms with Gasteiger partial charge in [-0.25, -0.2) is 0 Å². The number of nitrogens with two attached hydrogens (primary N) is 1. The molecule has 2 aliphatic heterocycles. The number of rotatable bonds is 8. The molecule has 174 valence electrons. The van der Waals surface area contributed by atoms with Gasteiger partial charge >= 0.3 is 0 Å². The predicted octanol–water partition coefficient (Wildman–Crippen LogP) is 3.25. The highest BCUT2D eigenvalue weighted by molar-refractivity contribution is 6.07. The van der Waals surface area contributed by atoms with Gasteiger partial charge in [0.1, 0.15) is 5.78 Å². The molecule has 0 bridgehead atoms. The molecule has 7 nitrogen and oxygen atoms in total. The molecule has 0 spiro atoms. The Hall–Kier alpha value is -3.06. The Morgan fingerprint density at radius 3 is 2.67 bits per heavy atom. The number of benzene rings is 1. The second-order valence-electron chi connectivity index (χ2n) is 9.49. The molecule has 1 saturated heterocycles. The van der Waals surface area contributed by atoms with Crippen LogP contribution in [0.5, 0.6) is 0 Å². The molecule has 7 heteroatoms. The number of hydrogen-bond acceptors (Lipinski definition) is 5. The summed E-state index contributed by atoms with van der Waals surface area (Å²) in [7, 11) is 0. The maximum Gasteiger partial charge on any atom is 0.231 e. The van der Waals surface area contributed by atoms with Gasteiger partial charge in [-0.05, 0) is 48.9 Å². The SMILES string of the molecule is CC(C)C[C@@H](N)C(=O)CC1Cc2cccc(N3CCCC3=O)c2N(Cc2ccccn2)C1=O. The number of amides is 2. The van der Waals surface area contributed by atoms with Crippen molar-refractivity contribution in [1.29, 1.82) is 0 Å². The van der Waals surface area contributed by atoms with Gasteiger partial charge in [0.05, 0.1) is 29.7 Å². The Bertz CT molecular complexity index is 1040. The third-order valence-corrected chi connectivity index (χ3v) is 6.45. The van der Waals surface area contributed by atoms with Gasteiger partial charge in [0.2, 0.25) is 11.8 Å². The van der Waals surface area contributed by atoms with Crippen molar-refractivity contribution in [1.82, 2.24) is 4.98 Å². The first-order valence-electron chi connectivity index (χ1n) is 11.8. The molecule has 2 aliphatic rings. The Balaban J connectivity index is 1.69. The molecule has 4 rings (SSSR count). The third-order valence-electron chi connectivity index (χ3n) is 6.45. The molecule has 3 heterocycles. The van der Waals surface area contributed by atoms with Crippen molar-refractivity contribution in [3.8, 4) is 0 Å². The quantitative estimate of drug-likeness (QED) is 0.669. The van der Waals surface area contributed by atoms with Gasteiger partial charge in [0, 0.05) is 31.5 Å². The number of nitrogens with zero attached hydrogens (tertiary/aromatic N) is 3. The molecular weight excluding hydrogens is 416 g/mol. The van der Waals surface area contributed by atoms with E-state index in [9.17, 15) is 14.4 Å². The van der Waals surface area contributed by atoms with Gasteiger partial charge < -0.3 is 15.5 Å². The lowest BCUT2D eigenvalue weighted by atomic mass is 9.85. The normalized spacial score (nSPS) is 19.2. The summed E-state index contributed by atoms with van der Waals surface area (Å²) >= 11 is 0. The number of pyridine rings is 1. The first-order valence-corrected chi connectivity index (χ1v) is 11.8. The van der Waals surface area contributed by atoms with Crippen LogP contribution in [0.3, 0.4) is 0 Å². The topological polar surface area (TPSA) is 96.6 Å². The fourth-order valence-corrected chi connectivity index (χ4v) is 4.86. The number of carbonyl (C=O) groups is 3. The standard InChI is InChI=1S/C26H32N4O3/c1-17(2)13-21(27)23(31)15-19-14-18-7-5-9-22(29-12-6-10-24(29)32)25(18)30(26(19)33)16-20-8-3-4-11-28-20/h3-5,7-9,11,17,19,21H,6,10,12-16,27H2,1-2H3/t19?,21-/m1/s1. The molecule has 2 amide bonds. The molecule has 2 N–H and O–H groups in total. The molecule has 1 unspecified atom stereocenters. The number of hydrogen-bond donors (Lipinski definition) is 1. The molecule has 2 atom stereocenters. The van der Waals surface area contributed by atoms with Crippen molar-refractivity contribution < 1.29 is 14.4 Å². The number of aromatic nitrogens is 1. The van der Waals surface area contributed by atoms with Gasteiger partial charge in [-0.3, -0.25) is 19.4 Å². The predicted molar refractivity (Wildman–Crippen MR) is 128 cm³/mol. The summed E-state index contributed by atoms with van der Waals surface area (Å²) in [6, 6.07) is 10.9. The lowest BCUT2D eigenvalue weighted by Gasteiger charge is -2.37. The molecule has 1 fully saturated rings. The van der Waals surface area contributed by atoms with Gasteiger partial charge in [-0.1, -0.05) is 32.0 Å². The van der Waals surface area contributed by atoms with E-state index in [0.29, 0.717) is 31.7 Å². The lowest BCUT2D eigenvalue weighted by molar-refractivity contribution is -0.128. The fourth-order valence-electron chi connectivity index (χ4n) is 4.86. The number of carbonyl (C=O) groups excluding carboxylic acids is 3. The summed E-state index contributed by atoms with van der Waals surface area (Å²) in [6.07, 6.45) is 4.21. The van der Waals surface area contributed by atoms with E-state index in [0.717, 1.165) is 29.1 Å². The van der Waals surface area contributed by atoms with E-state index in [2.05, 4.69) is 4.98 Å². The van der Waals surface area contributed by atoms with E-state index in [1.54, 1.807) is 16.0 Å². The molecule has 1 aromatic carbocycles. The van der Waals surface area contributed by atoms with Crippen LogP contribution < -0.4 is 15.5 Å². The third kappa shape index (κ3) is 4.98. The fraction of sp³-hybridized carbons (Fsp3) is 0.462. The lowest BCUT2D eigenvalue weighted by Crippen LogP contribution is -2.44. The molecule has 1 aromatic heterocycles. The average Bonchev–Trinajstić information content (AvgIpc) is 3.22. The van der Waals surface area contributed by atoms with Gasteiger partial charge in [-0.2, -0.15) is 0 Å². The van der Waals surface area contributed by atoms with Crippen molar-refractivity contribution >= 4 is 29.0 Å². The van der Waals surface area contributed by atoms with Gasteiger partial charge in [-0.15, -0.1) is 0 Å². The summed E-state index contributed by atoms with van der Waals surface area (Å²) in [5.41, 5.74) is 9.38. The first-order chi connectivity index (χ1) is 15.8. The number of ketones is 1. The summed E-state index contributed by atoms with van der Waals surface area (Å²) < 4.78 is 0. The summed E-state index contributed by atoms with van der Waals surface area (Å²) in [5, 5.41) is 0. The van der Waals surface area contributed by atoms with Gasteiger partial charge in [0.25, 0.3) is 0 Å². The number of Topliss-reactive ketones (excluding diaryl/α,β-unsaturated/α-hetero) is 1. The smallest absolute Gasteiger partial charge is 0.231 e. The van der Waals surface area contributed by atoms with Crippen molar-refractivity contribution in [2.24, 2.45) is 17.6 Å². The van der Waals surface area contributed by atoms with E-state index in [-0.39, 0.29) is 30.6 Å². The van der Waals surface area contributed by atoms with Crippen LogP contribution in [-0.4, -0.2) is 35.2 Å². The van der Waals surface area contributed by atoms with Crippen LogP contribution >= 0.6 is 0 Å². The minimum Gasteiger partial charge on any atom is -0.322 e. The zero-order valence-corrected chi connectivity index (χ0v) is 19.4. The zero-order valence-electron chi connectivity index (χ0n) is 19.4. The van der Waals surface area contributed by atoms with Gasteiger partial charge in [0.15, 0.2) is 0 Å². The number of anilines is 2. The average molecular weight is 449 g/mol.